The molecule has 0 aromatic heterocycles. The highest BCUT2D eigenvalue weighted by molar-refractivity contribution is 6.30. The molecule has 2 rings (SSSR count). The van der Waals surface area contributed by atoms with Crippen LogP contribution in [0.25, 0.3) is 0 Å². The number of amidine groups is 1. The molecule has 2 N–H and O–H groups in total. The van der Waals surface area contributed by atoms with Gasteiger partial charge in [-0.05, 0) is 57.4 Å². The highest BCUT2D eigenvalue weighted by Crippen LogP contribution is 2.22. The maximum Gasteiger partial charge on any atom is 0.263 e. The van der Waals surface area contributed by atoms with Gasteiger partial charge in [0, 0.05) is 22.7 Å². The second-order valence-corrected chi connectivity index (χ2v) is 6.12. The second kappa shape index (κ2) is 7.49. The van der Waals surface area contributed by atoms with E-state index in [1.165, 1.54) is 0 Å². The van der Waals surface area contributed by atoms with E-state index in [1.807, 2.05) is 4.90 Å². The third-order valence-corrected chi connectivity index (χ3v) is 4.22. The summed E-state index contributed by atoms with van der Waals surface area (Å²) in [5.41, 5.74) is 6.53. The molecule has 1 heterocycles. The van der Waals surface area contributed by atoms with Crippen LogP contribution in [-0.4, -0.2) is 35.3 Å². The predicted octanol–water partition coefficient (Wildman–Crippen LogP) is 2.77. The first kappa shape index (κ1) is 16.6. The number of carbonyl (C=O) groups excluding carboxylic acids is 1. The van der Waals surface area contributed by atoms with Crippen LogP contribution in [0.1, 0.15) is 38.7 Å². The van der Waals surface area contributed by atoms with Crippen molar-refractivity contribution in [1.82, 2.24) is 4.90 Å². The first-order valence-corrected chi connectivity index (χ1v) is 7.89. The van der Waals surface area contributed by atoms with E-state index >= 15 is 0 Å². The van der Waals surface area contributed by atoms with Crippen LogP contribution in [0, 0.1) is 0 Å². The van der Waals surface area contributed by atoms with E-state index in [1.54, 1.807) is 24.3 Å². The van der Waals surface area contributed by atoms with Crippen LogP contribution in [-0.2, 0) is 9.63 Å². The van der Waals surface area contributed by atoms with Gasteiger partial charge in [0.2, 0.25) is 0 Å². The molecule has 0 saturated carbocycles. The molecule has 1 fully saturated rings. The molecule has 1 saturated heterocycles. The Labute approximate surface area is 136 Å². The smallest absolute Gasteiger partial charge is 0.263 e. The number of halogens is 1. The van der Waals surface area contributed by atoms with Crippen molar-refractivity contribution in [1.29, 1.82) is 0 Å². The number of benzene rings is 1. The van der Waals surface area contributed by atoms with E-state index < -0.39 is 0 Å². The number of nitrogens with two attached hydrogens (primary N) is 1. The molecule has 0 radical (unpaired) electrons. The van der Waals surface area contributed by atoms with Crippen molar-refractivity contribution in [2.24, 2.45) is 10.9 Å². The van der Waals surface area contributed by atoms with Crippen LogP contribution in [0.5, 0.6) is 0 Å². The molecule has 2 atom stereocenters. The van der Waals surface area contributed by atoms with E-state index in [0.717, 1.165) is 19.3 Å². The number of hydrogen-bond acceptors (Lipinski definition) is 3. The molecule has 1 aliphatic heterocycles. The Morgan fingerprint density at radius 1 is 1.32 bits per heavy atom. The monoisotopic (exact) mass is 323 g/mol. The second-order valence-electron chi connectivity index (χ2n) is 5.69. The maximum atomic E-state index is 12.3. The zero-order valence-electron chi connectivity index (χ0n) is 13.0. The van der Waals surface area contributed by atoms with E-state index in [0.29, 0.717) is 10.6 Å². The zero-order chi connectivity index (χ0) is 16.1. The fraction of sp³-hybridized carbons (Fsp3) is 0.500. The van der Waals surface area contributed by atoms with Crippen LogP contribution in [0.2, 0.25) is 5.02 Å². The van der Waals surface area contributed by atoms with Gasteiger partial charge in [-0.1, -0.05) is 16.8 Å². The van der Waals surface area contributed by atoms with Gasteiger partial charge in [0.15, 0.2) is 12.4 Å². The number of piperidine rings is 1. The van der Waals surface area contributed by atoms with Crippen LogP contribution < -0.4 is 5.73 Å². The molecule has 0 unspecified atom stereocenters. The van der Waals surface area contributed by atoms with Gasteiger partial charge in [-0.3, -0.25) is 4.79 Å². The summed E-state index contributed by atoms with van der Waals surface area (Å²) in [5.74, 6) is 0.177. The summed E-state index contributed by atoms with van der Waals surface area (Å²) in [6.45, 7) is 4.04. The van der Waals surface area contributed by atoms with Crippen LogP contribution in [0.3, 0.4) is 0 Å². The summed E-state index contributed by atoms with van der Waals surface area (Å²) in [7, 11) is 0. The zero-order valence-corrected chi connectivity index (χ0v) is 13.7. The van der Waals surface area contributed by atoms with Crippen molar-refractivity contribution >= 4 is 23.3 Å². The van der Waals surface area contributed by atoms with E-state index in [9.17, 15) is 4.79 Å². The molecule has 0 spiro atoms. The van der Waals surface area contributed by atoms with Crippen molar-refractivity contribution in [3.8, 4) is 0 Å². The molecule has 22 heavy (non-hydrogen) atoms. The molecule has 120 valence electrons. The number of nitrogens with zero attached hydrogens (tertiary/aromatic N) is 2. The van der Waals surface area contributed by atoms with Gasteiger partial charge in [-0.25, -0.2) is 0 Å². The number of likely N-dealkylation sites (tertiary alicyclic amines) is 1. The molecule has 0 aliphatic carbocycles. The SMILES string of the molecule is C[C@@H]1CCC[C@H](C)N1C(=O)CO/N=C(\N)c1ccc(Cl)cc1. The van der Waals surface area contributed by atoms with Crippen LogP contribution >= 0.6 is 11.6 Å². The number of hydrogen-bond donors (Lipinski definition) is 1. The Bertz CT molecular complexity index is 535. The lowest BCUT2D eigenvalue weighted by molar-refractivity contribution is -0.142. The Morgan fingerprint density at radius 3 is 2.50 bits per heavy atom. The van der Waals surface area contributed by atoms with Crippen LogP contribution in [0.15, 0.2) is 29.4 Å². The minimum atomic E-state index is -0.0943. The molecule has 1 amide bonds. The molecule has 1 aliphatic rings. The highest BCUT2D eigenvalue weighted by Gasteiger charge is 2.28. The van der Waals surface area contributed by atoms with E-state index in [4.69, 9.17) is 22.2 Å². The van der Waals surface area contributed by atoms with Crippen molar-refractivity contribution in [2.45, 2.75) is 45.2 Å². The lowest BCUT2D eigenvalue weighted by Gasteiger charge is -2.38. The standard InChI is InChI=1S/C16H22ClN3O2/c1-11-4-3-5-12(2)20(11)15(21)10-22-19-16(18)13-6-8-14(17)9-7-13/h6-9,11-12H,3-5,10H2,1-2H3,(H2,18,19)/t11-,12+. The molecule has 5 nitrogen and oxygen atoms in total. The normalized spacial score (nSPS) is 22.5. The summed E-state index contributed by atoms with van der Waals surface area (Å²) in [6.07, 6.45) is 3.23. The molecule has 0 bridgehead atoms. The maximum absolute atomic E-state index is 12.3. The molecule has 1 aromatic carbocycles. The van der Waals surface area contributed by atoms with Gasteiger partial charge in [-0.15, -0.1) is 0 Å². The molecule has 6 heteroatoms. The highest BCUT2D eigenvalue weighted by atomic mass is 35.5. The lowest BCUT2D eigenvalue weighted by atomic mass is 9.97. The molecular formula is C16H22ClN3O2. The van der Waals surface area contributed by atoms with Crippen molar-refractivity contribution in [3.05, 3.63) is 34.9 Å². The van der Waals surface area contributed by atoms with Crippen molar-refractivity contribution in [3.63, 3.8) is 0 Å². The molecular weight excluding hydrogens is 302 g/mol. The van der Waals surface area contributed by atoms with Gasteiger partial charge in [0.05, 0.1) is 0 Å². The Hall–Kier alpha value is -1.75. The van der Waals surface area contributed by atoms with E-state index in [2.05, 4.69) is 19.0 Å². The van der Waals surface area contributed by atoms with Gasteiger partial charge < -0.3 is 15.5 Å². The quantitative estimate of drug-likeness (QED) is 0.526. The van der Waals surface area contributed by atoms with Crippen molar-refractivity contribution < 1.29 is 9.63 Å². The number of carbonyl (C=O) groups is 1. The Morgan fingerprint density at radius 2 is 1.91 bits per heavy atom. The van der Waals surface area contributed by atoms with Crippen molar-refractivity contribution in [2.75, 3.05) is 6.61 Å². The summed E-state index contributed by atoms with van der Waals surface area (Å²) in [6, 6.07) is 7.44. The lowest BCUT2D eigenvalue weighted by Crippen LogP contribution is -2.48. The number of rotatable bonds is 4. The van der Waals surface area contributed by atoms with Gasteiger partial charge in [0.25, 0.3) is 5.91 Å². The average molecular weight is 324 g/mol. The Kier molecular flexibility index (Phi) is 5.66. The summed E-state index contributed by atoms with van der Waals surface area (Å²) < 4.78 is 0. The average Bonchev–Trinajstić information content (AvgIpc) is 2.47. The fourth-order valence-corrected chi connectivity index (χ4v) is 2.94. The molecule has 1 aromatic rings. The summed E-state index contributed by atoms with van der Waals surface area (Å²) >= 11 is 5.81. The summed E-state index contributed by atoms with van der Waals surface area (Å²) in [4.78, 5) is 19.3. The first-order valence-electron chi connectivity index (χ1n) is 7.51. The number of amides is 1. The van der Waals surface area contributed by atoms with Gasteiger partial charge in [-0.2, -0.15) is 0 Å². The fourth-order valence-electron chi connectivity index (χ4n) is 2.82. The largest absolute Gasteiger partial charge is 0.384 e. The third-order valence-electron chi connectivity index (χ3n) is 3.97. The summed E-state index contributed by atoms with van der Waals surface area (Å²) in [5, 5.41) is 4.44. The van der Waals surface area contributed by atoms with E-state index in [-0.39, 0.29) is 30.4 Å². The minimum absolute atomic E-state index is 0.0487. The third kappa shape index (κ3) is 4.13. The van der Waals surface area contributed by atoms with Gasteiger partial charge >= 0.3 is 0 Å². The predicted molar refractivity (Wildman–Crippen MR) is 87.7 cm³/mol. The minimum Gasteiger partial charge on any atom is -0.384 e. The Balaban J connectivity index is 1.90. The number of oxime groups is 1. The van der Waals surface area contributed by atoms with Crippen LogP contribution in [0.4, 0.5) is 0 Å². The first-order chi connectivity index (χ1) is 10.5. The topological polar surface area (TPSA) is 67.9 Å². The van der Waals surface area contributed by atoms with Gasteiger partial charge in [0.1, 0.15) is 0 Å².